The molecule has 0 spiro atoms. The van der Waals surface area contributed by atoms with Crippen LogP contribution in [-0.4, -0.2) is 21.6 Å². The lowest BCUT2D eigenvalue weighted by molar-refractivity contribution is -0.113. The maximum Gasteiger partial charge on any atom is 0.234 e. The van der Waals surface area contributed by atoms with Crippen LogP contribution in [-0.2, 0) is 4.79 Å². The summed E-state index contributed by atoms with van der Waals surface area (Å²) in [4.78, 5) is 20.5. The third kappa shape index (κ3) is 4.35. The van der Waals surface area contributed by atoms with Crippen LogP contribution < -0.4 is 5.32 Å². The molecule has 5 heteroatoms. The second-order valence-electron chi connectivity index (χ2n) is 4.64. The van der Waals surface area contributed by atoms with E-state index in [-0.39, 0.29) is 5.91 Å². The number of aromatic nitrogens is 2. The molecule has 0 bridgehead atoms. The van der Waals surface area contributed by atoms with Gasteiger partial charge in [0.25, 0.3) is 0 Å². The van der Waals surface area contributed by atoms with Crippen molar-refractivity contribution in [2.24, 2.45) is 0 Å². The average molecular weight is 287 g/mol. The Morgan fingerprint density at radius 2 is 1.85 bits per heavy atom. The van der Waals surface area contributed by atoms with Crippen molar-refractivity contribution in [3.05, 3.63) is 47.3 Å². The van der Waals surface area contributed by atoms with Gasteiger partial charge >= 0.3 is 0 Å². The Bertz CT molecular complexity index is 608. The minimum Gasteiger partial charge on any atom is -0.325 e. The first kappa shape index (κ1) is 14.5. The molecule has 4 nitrogen and oxygen atoms in total. The summed E-state index contributed by atoms with van der Waals surface area (Å²) in [7, 11) is 0. The maximum absolute atomic E-state index is 11.9. The van der Waals surface area contributed by atoms with Crippen LogP contribution in [0, 0.1) is 20.8 Å². The lowest BCUT2D eigenvalue weighted by atomic mass is 10.2. The molecule has 0 saturated carbocycles. The molecule has 1 heterocycles. The first-order valence-electron chi connectivity index (χ1n) is 6.34. The number of carbonyl (C=O) groups is 1. The lowest BCUT2D eigenvalue weighted by Gasteiger charge is -2.06. The maximum atomic E-state index is 11.9. The highest BCUT2D eigenvalue weighted by Crippen LogP contribution is 2.15. The lowest BCUT2D eigenvalue weighted by Crippen LogP contribution is -2.14. The molecule has 0 fully saturated rings. The van der Waals surface area contributed by atoms with Gasteiger partial charge in [-0.1, -0.05) is 23.9 Å². The van der Waals surface area contributed by atoms with E-state index >= 15 is 0 Å². The number of hydrogen-bond acceptors (Lipinski definition) is 4. The molecule has 0 aliphatic rings. The number of hydrogen-bond donors (Lipinski definition) is 1. The predicted octanol–water partition coefficient (Wildman–Crippen LogP) is 3.13. The van der Waals surface area contributed by atoms with E-state index < -0.39 is 0 Å². The number of nitrogens with zero attached hydrogens (tertiary/aromatic N) is 2. The van der Waals surface area contributed by atoms with Gasteiger partial charge in [-0.05, 0) is 44.5 Å². The third-order valence-electron chi connectivity index (χ3n) is 2.60. The van der Waals surface area contributed by atoms with Gasteiger partial charge in [0.05, 0.1) is 5.75 Å². The number of benzene rings is 1. The number of thioether (sulfide) groups is 1. The highest BCUT2D eigenvalue weighted by molar-refractivity contribution is 7.99. The molecule has 104 valence electrons. The molecule has 0 saturated heterocycles. The van der Waals surface area contributed by atoms with Crippen molar-refractivity contribution in [3.63, 3.8) is 0 Å². The molecular formula is C15H17N3OS. The fourth-order valence-electron chi connectivity index (χ4n) is 1.81. The van der Waals surface area contributed by atoms with Crippen LogP contribution >= 0.6 is 11.8 Å². The summed E-state index contributed by atoms with van der Waals surface area (Å²) in [6, 6.07) is 9.65. The van der Waals surface area contributed by atoms with Crippen molar-refractivity contribution in [2.75, 3.05) is 11.1 Å². The molecule has 2 aromatic rings. The van der Waals surface area contributed by atoms with Gasteiger partial charge in [-0.2, -0.15) is 0 Å². The zero-order valence-corrected chi connectivity index (χ0v) is 12.6. The zero-order chi connectivity index (χ0) is 14.5. The summed E-state index contributed by atoms with van der Waals surface area (Å²) < 4.78 is 0. The molecular weight excluding hydrogens is 270 g/mol. The molecule has 1 aromatic heterocycles. The molecule has 0 unspecified atom stereocenters. The molecule has 1 aromatic carbocycles. The van der Waals surface area contributed by atoms with Crippen molar-refractivity contribution in [1.82, 2.24) is 9.97 Å². The molecule has 0 aliphatic carbocycles. The molecule has 1 N–H and O–H groups in total. The van der Waals surface area contributed by atoms with Gasteiger partial charge in [-0.25, -0.2) is 9.97 Å². The van der Waals surface area contributed by atoms with Gasteiger partial charge in [0.1, 0.15) is 0 Å². The van der Waals surface area contributed by atoms with Crippen LogP contribution in [0.3, 0.4) is 0 Å². The van der Waals surface area contributed by atoms with Gasteiger partial charge in [0.2, 0.25) is 5.91 Å². The van der Waals surface area contributed by atoms with Crippen LogP contribution in [0.5, 0.6) is 0 Å². The first-order chi connectivity index (χ1) is 9.52. The van der Waals surface area contributed by atoms with E-state index in [1.165, 1.54) is 11.8 Å². The van der Waals surface area contributed by atoms with Crippen molar-refractivity contribution >= 4 is 23.4 Å². The van der Waals surface area contributed by atoms with Crippen molar-refractivity contribution in [2.45, 2.75) is 25.9 Å². The fourth-order valence-corrected chi connectivity index (χ4v) is 2.56. The van der Waals surface area contributed by atoms with Crippen LogP contribution in [0.15, 0.2) is 35.5 Å². The van der Waals surface area contributed by atoms with Crippen LogP contribution in [0.4, 0.5) is 5.69 Å². The Balaban J connectivity index is 1.92. The second kappa shape index (κ2) is 6.52. The van der Waals surface area contributed by atoms with Gasteiger partial charge in [-0.3, -0.25) is 4.79 Å². The van der Waals surface area contributed by atoms with E-state index in [0.717, 1.165) is 22.6 Å². The zero-order valence-electron chi connectivity index (χ0n) is 11.8. The van der Waals surface area contributed by atoms with E-state index in [0.29, 0.717) is 10.9 Å². The number of nitrogens with one attached hydrogen (secondary N) is 1. The van der Waals surface area contributed by atoms with Crippen LogP contribution in [0.25, 0.3) is 0 Å². The molecule has 0 aliphatic heterocycles. The smallest absolute Gasteiger partial charge is 0.234 e. The largest absolute Gasteiger partial charge is 0.325 e. The summed E-state index contributed by atoms with van der Waals surface area (Å²) in [5.74, 6) is 0.250. The molecule has 0 radical (unpaired) electrons. The Labute approximate surface area is 123 Å². The highest BCUT2D eigenvalue weighted by Gasteiger charge is 2.06. The number of carbonyl (C=O) groups excluding carboxylic acids is 1. The minimum absolute atomic E-state index is 0.0524. The van der Waals surface area contributed by atoms with Gasteiger partial charge in [0.15, 0.2) is 5.16 Å². The van der Waals surface area contributed by atoms with Crippen molar-refractivity contribution in [1.29, 1.82) is 0 Å². The SMILES string of the molecule is Cc1cccc(NC(=O)CSc2nc(C)cc(C)n2)c1. The van der Waals surface area contributed by atoms with E-state index in [2.05, 4.69) is 15.3 Å². The standard InChI is InChI=1S/C15H17N3OS/c1-10-5-4-6-13(7-10)18-14(19)9-20-15-16-11(2)8-12(3)17-15/h4-8H,9H2,1-3H3,(H,18,19). The first-order valence-corrected chi connectivity index (χ1v) is 7.33. The van der Waals surface area contributed by atoms with Crippen LogP contribution in [0.2, 0.25) is 0 Å². The van der Waals surface area contributed by atoms with E-state index in [1.807, 2.05) is 51.1 Å². The monoisotopic (exact) mass is 287 g/mol. The summed E-state index contributed by atoms with van der Waals surface area (Å²) in [6.07, 6.45) is 0. The fraction of sp³-hybridized carbons (Fsp3) is 0.267. The topological polar surface area (TPSA) is 54.9 Å². The summed E-state index contributed by atoms with van der Waals surface area (Å²) in [5, 5.41) is 3.51. The Morgan fingerprint density at radius 3 is 2.50 bits per heavy atom. The number of rotatable bonds is 4. The number of amides is 1. The summed E-state index contributed by atoms with van der Waals surface area (Å²) in [5.41, 5.74) is 3.77. The molecule has 0 atom stereocenters. The van der Waals surface area contributed by atoms with Crippen molar-refractivity contribution in [3.8, 4) is 0 Å². The van der Waals surface area contributed by atoms with Gasteiger partial charge in [-0.15, -0.1) is 0 Å². The van der Waals surface area contributed by atoms with Gasteiger partial charge in [0, 0.05) is 17.1 Å². The highest BCUT2D eigenvalue weighted by atomic mass is 32.2. The number of anilines is 1. The average Bonchev–Trinajstić information content (AvgIpc) is 2.35. The number of aryl methyl sites for hydroxylation is 3. The Morgan fingerprint density at radius 1 is 1.15 bits per heavy atom. The molecule has 1 amide bonds. The minimum atomic E-state index is -0.0524. The molecule has 2 rings (SSSR count). The Kier molecular flexibility index (Phi) is 4.74. The third-order valence-corrected chi connectivity index (χ3v) is 3.44. The van der Waals surface area contributed by atoms with E-state index in [1.54, 1.807) is 0 Å². The Hall–Kier alpha value is -1.88. The normalized spacial score (nSPS) is 10.3. The summed E-state index contributed by atoms with van der Waals surface area (Å²) >= 11 is 1.35. The quantitative estimate of drug-likeness (QED) is 0.693. The van der Waals surface area contributed by atoms with E-state index in [9.17, 15) is 4.79 Å². The second-order valence-corrected chi connectivity index (χ2v) is 5.58. The van der Waals surface area contributed by atoms with E-state index in [4.69, 9.17) is 0 Å². The predicted molar refractivity (Wildman–Crippen MR) is 82.0 cm³/mol. The summed E-state index contributed by atoms with van der Waals surface area (Å²) in [6.45, 7) is 5.84. The van der Waals surface area contributed by atoms with Crippen molar-refractivity contribution < 1.29 is 4.79 Å². The molecule has 20 heavy (non-hydrogen) atoms. The van der Waals surface area contributed by atoms with Gasteiger partial charge < -0.3 is 5.32 Å². The van der Waals surface area contributed by atoms with Crippen LogP contribution in [0.1, 0.15) is 17.0 Å².